The standard InChI is InChI=1S/C21H15NO.C7H15N/c22-14-17-11-12-19-18(21(17)16-9-5-2-6-10-16)13-20(23-19)15-7-3-1-4-8-15;1-8-7-5-3-2-4-6-7/h1-12,20H,13H2;7-8H,2-6H2,1H3. The Balaban J connectivity index is 0.000000245. The number of rotatable bonds is 3. The van der Waals surface area contributed by atoms with Crippen LogP contribution < -0.4 is 10.1 Å². The summed E-state index contributed by atoms with van der Waals surface area (Å²) in [7, 11) is 2.07. The molecule has 0 bridgehead atoms. The average molecular weight is 411 g/mol. The zero-order chi connectivity index (χ0) is 21.5. The van der Waals surface area contributed by atoms with Crippen LogP contribution in [-0.2, 0) is 6.42 Å². The fourth-order valence-corrected chi connectivity index (χ4v) is 4.59. The molecule has 1 saturated carbocycles. The van der Waals surface area contributed by atoms with E-state index in [1.165, 1.54) is 37.7 Å². The van der Waals surface area contributed by atoms with E-state index >= 15 is 0 Å². The van der Waals surface area contributed by atoms with Crippen LogP contribution in [0.2, 0.25) is 0 Å². The number of nitrogens with one attached hydrogen (secondary N) is 1. The van der Waals surface area contributed by atoms with Crippen molar-refractivity contribution in [3.05, 3.63) is 89.5 Å². The smallest absolute Gasteiger partial charge is 0.128 e. The maximum Gasteiger partial charge on any atom is 0.128 e. The summed E-state index contributed by atoms with van der Waals surface area (Å²) in [6.07, 6.45) is 7.93. The second-order valence-electron chi connectivity index (χ2n) is 8.29. The van der Waals surface area contributed by atoms with E-state index in [2.05, 4.69) is 30.6 Å². The van der Waals surface area contributed by atoms with Crippen molar-refractivity contribution >= 4 is 0 Å². The Hall–Kier alpha value is -3.09. The lowest BCUT2D eigenvalue weighted by Gasteiger charge is -2.20. The number of nitrogens with zero attached hydrogens (tertiary/aromatic N) is 1. The van der Waals surface area contributed by atoms with E-state index < -0.39 is 0 Å². The third-order valence-corrected chi connectivity index (χ3v) is 6.30. The summed E-state index contributed by atoms with van der Waals surface area (Å²) in [5.74, 6) is 0.886. The van der Waals surface area contributed by atoms with Crippen LogP contribution in [0.25, 0.3) is 11.1 Å². The summed E-state index contributed by atoms with van der Waals surface area (Å²) in [6.45, 7) is 0. The molecule has 31 heavy (non-hydrogen) atoms. The van der Waals surface area contributed by atoms with Crippen LogP contribution in [-0.4, -0.2) is 13.1 Å². The summed E-state index contributed by atoms with van der Waals surface area (Å²) in [4.78, 5) is 0. The number of ether oxygens (including phenoxy) is 1. The first-order chi connectivity index (χ1) is 15.3. The van der Waals surface area contributed by atoms with Gasteiger partial charge in [-0.05, 0) is 43.1 Å². The van der Waals surface area contributed by atoms with Gasteiger partial charge in [0, 0.05) is 23.6 Å². The summed E-state index contributed by atoms with van der Waals surface area (Å²) in [5.41, 5.74) is 5.07. The van der Waals surface area contributed by atoms with Crippen molar-refractivity contribution in [1.82, 2.24) is 5.32 Å². The fourth-order valence-electron chi connectivity index (χ4n) is 4.59. The van der Waals surface area contributed by atoms with E-state index in [-0.39, 0.29) is 6.10 Å². The summed E-state index contributed by atoms with van der Waals surface area (Å²) in [6, 6.07) is 27.3. The van der Waals surface area contributed by atoms with Gasteiger partial charge in [-0.3, -0.25) is 0 Å². The molecule has 0 amide bonds. The maximum absolute atomic E-state index is 9.50. The molecule has 5 rings (SSSR count). The van der Waals surface area contributed by atoms with Crippen LogP contribution in [0.1, 0.15) is 54.9 Å². The topological polar surface area (TPSA) is 45.0 Å². The molecule has 2 aliphatic rings. The molecule has 1 aliphatic carbocycles. The fraction of sp³-hybridized carbons (Fsp3) is 0.321. The monoisotopic (exact) mass is 410 g/mol. The largest absolute Gasteiger partial charge is 0.485 e. The maximum atomic E-state index is 9.50. The van der Waals surface area contributed by atoms with E-state index in [1.54, 1.807) is 0 Å². The van der Waals surface area contributed by atoms with Gasteiger partial charge in [0.15, 0.2) is 0 Å². The molecule has 3 aromatic rings. The van der Waals surface area contributed by atoms with E-state index in [1.807, 2.05) is 60.7 Å². The van der Waals surface area contributed by atoms with Gasteiger partial charge < -0.3 is 10.1 Å². The van der Waals surface area contributed by atoms with E-state index in [4.69, 9.17) is 4.74 Å². The summed E-state index contributed by atoms with van der Waals surface area (Å²) < 4.78 is 6.15. The Bertz CT molecular complexity index is 1020. The van der Waals surface area contributed by atoms with Gasteiger partial charge in [-0.2, -0.15) is 5.26 Å². The summed E-state index contributed by atoms with van der Waals surface area (Å²) in [5, 5.41) is 12.8. The number of hydrogen-bond acceptors (Lipinski definition) is 3. The molecule has 0 spiro atoms. The van der Waals surface area contributed by atoms with Crippen LogP contribution in [0.4, 0.5) is 0 Å². The van der Waals surface area contributed by atoms with Gasteiger partial charge in [-0.15, -0.1) is 0 Å². The average Bonchev–Trinajstić information content (AvgIpc) is 3.30. The lowest BCUT2D eigenvalue weighted by Crippen LogP contribution is -2.26. The molecule has 0 radical (unpaired) electrons. The highest BCUT2D eigenvalue weighted by Crippen LogP contribution is 2.43. The molecule has 1 atom stereocenters. The molecule has 3 heteroatoms. The Kier molecular flexibility index (Phi) is 7.02. The first-order valence-corrected chi connectivity index (χ1v) is 11.3. The molecular weight excluding hydrogens is 380 g/mol. The highest BCUT2D eigenvalue weighted by molar-refractivity contribution is 5.77. The molecule has 1 N–H and O–H groups in total. The predicted molar refractivity (Wildman–Crippen MR) is 126 cm³/mol. The van der Waals surface area contributed by atoms with Gasteiger partial charge in [0.2, 0.25) is 0 Å². The zero-order valence-electron chi connectivity index (χ0n) is 18.2. The minimum absolute atomic E-state index is 0.0163. The van der Waals surface area contributed by atoms with Crippen molar-refractivity contribution in [2.45, 2.75) is 50.7 Å². The molecule has 0 saturated heterocycles. The number of hydrogen-bond donors (Lipinski definition) is 1. The van der Waals surface area contributed by atoms with Crippen LogP contribution in [0.3, 0.4) is 0 Å². The summed E-state index contributed by atoms with van der Waals surface area (Å²) >= 11 is 0. The van der Waals surface area contributed by atoms with E-state index in [0.29, 0.717) is 5.56 Å². The Morgan fingerprint density at radius 3 is 2.16 bits per heavy atom. The molecule has 0 aromatic heterocycles. The normalized spacial score (nSPS) is 17.6. The highest BCUT2D eigenvalue weighted by Gasteiger charge is 2.28. The quantitative estimate of drug-likeness (QED) is 0.540. The second-order valence-corrected chi connectivity index (χ2v) is 8.29. The molecule has 1 aliphatic heterocycles. The molecule has 3 nitrogen and oxygen atoms in total. The van der Waals surface area contributed by atoms with Crippen LogP contribution in [0, 0.1) is 11.3 Å². The second kappa shape index (κ2) is 10.3. The van der Waals surface area contributed by atoms with Crippen LogP contribution in [0.15, 0.2) is 72.8 Å². The van der Waals surface area contributed by atoms with Crippen LogP contribution >= 0.6 is 0 Å². The molecular formula is C28H30N2O. The van der Waals surface area contributed by atoms with Crippen molar-refractivity contribution in [3.8, 4) is 22.9 Å². The highest BCUT2D eigenvalue weighted by atomic mass is 16.5. The van der Waals surface area contributed by atoms with Gasteiger partial charge >= 0.3 is 0 Å². The van der Waals surface area contributed by atoms with Crippen molar-refractivity contribution < 1.29 is 4.74 Å². The molecule has 158 valence electrons. The zero-order valence-corrected chi connectivity index (χ0v) is 18.2. The number of fused-ring (bicyclic) bond motifs is 1. The number of nitriles is 1. The van der Waals surface area contributed by atoms with Gasteiger partial charge in [0.05, 0.1) is 11.6 Å². The Labute approximate surface area is 185 Å². The number of benzene rings is 3. The van der Waals surface area contributed by atoms with Gasteiger partial charge in [0.1, 0.15) is 11.9 Å². The van der Waals surface area contributed by atoms with Gasteiger partial charge in [0.25, 0.3) is 0 Å². The predicted octanol–water partition coefficient (Wildman–Crippen LogP) is 6.44. The minimum atomic E-state index is 0.0163. The first kappa shape index (κ1) is 21.2. The lowest BCUT2D eigenvalue weighted by atomic mass is 9.91. The third kappa shape index (κ3) is 4.98. The molecule has 1 heterocycles. The van der Waals surface area contributed by atoms with Crippen LogP contribution in [0.5, 0.6) is 5.75 Å². The van der Waals surface area contributed by atoms with Gasteiger partial charge in [-0.25, -0.2) is 0 Å². The molecule has 3 aromatic carbocycles. The van der Waals surface area contributed by atoms with Crippen molar-refractivity contribution in [2.24, 2.45) is 0 Å². The van der Waals surface area contributed by atoms with E-state index in [0.717, 1.165) is 34.9 Å². The molecule has 1 fully saturated rings. The van der Waals surface area contributed by atoms with Crippen molar-refractivity contribution in [3.63, 3.8) is 0 Å². The first-order valence-electron chi connectivity index (χ1n) is 11.3. The Morgan fingerprint density at radius 2 is 1.55 bits per heavy atom. The third-order valence-electron chi connectivity index (χ3n) is 6.30. The van der Waals surface area contributed by atoms with Crippen molar-refractivity contribution in [2.75, 3.05) is 7.05 Å². The Morgan fingerprint density at radius 1 is 0.871 bits per heavy atom. The SMILES string of the molecule is CNC1CCCCC1.N#Cc1ccc2c(c1-c1ccccc1)CC(c1ccccc1)O2. The minimum Gasteiger partial charge on any atom is -0.485 e. The van der Waals surface area contributed by atoms with Crippen molar-refractivity contribution in [1.29, 1.82) is 5.26 Å². The lowest BCUT2D eigenvalue weighted by molar-refractivity contribution is 0.238. The molecule has 1 unspecified atom stereocenters. The van der Waals surface area contributed by atoms with Gasteiger partial charge in [-0.1, -0.05) is 79.9 Å². The van der Waals surface area contributed by atoms with E-state index in [9.17, 15) is 5.26 Å².